The highest BCUT2D eigenvalue weighted by atomic mass is 35.5. The van der Waals surface area contributed by atoms with E-state index in [-0.39, 0.29) is 5.91 Å². The van der Waals surface area contributed by atoms with E-state index in [2.05, 4.69) is 10.4 Å². The number of rotatable bonds is 2. The number of nitrogens with two attached hydrogens (primary N) is 1. The number of hydrogen-bond acceptors (Lipinski definition) is 3. The Morgan fingerprint density at radius 3 is 2.83 bits per heavy atom. The molecule has 18 heavy (non-hydrogen) atoms. The van der Waals surface area contributed by atoms with Gasteiger partial charge in [0.05, 0.1) is 27.7 Å². The molecular weight excluding hydrogens is 252 g/mol. The second-order valence-electron chi connectivity index (χ2n) is 3.96. The Kier molecular flexibility index (Phi) is 3.25. The lowest BCUT2D eigenvalue weighted by Crippen LogP contribution is -2.13. The molecule has 0 aliphatic carbocycles. The molecule has 0 radical (unpaired) electrons. The van der Waals surface area contributed by atoms with Crippen molar-refractivity contribution in [2.45, 2.75) is 6.92 Å². The molecule has 5 nitrogen and oxygen atoms in total. The zero-order valence-electron chi connectivity index (χ0n) is 10.1. The number of nitrogen functional groups attached to an aromatic ring is 1. The van der Waals surface area contributed by atoms with Crippen LogP contribution in [0.15, 0.2) is 24.4 Å². The third kappa shape index (κ3) is 2.31. The van der Waals surface area contributed by atoms with Gasteiger partial charge >= 0.3 is 0 Å². The standard InChI is InChI=1S/C12H13ClN4O/c1-7-8(6-17(2)16-7)12(18)15-10-5-3-4-9(14)11(10)13/h3-6H,14H2,1-2H3,(H,15,18). The van der Waals surface area contributed by atoms with E-state index in [1.807, 2.05) is 0 Å². The normalized spacial score (nSPS) is 10.4. The van der Waals surface area contributed by atoms with Gasteiger partial charge in [-0.2, -0.15) is 5.10 Å². The molecule has 3 N–H and O–H groups in total. The summed E-state index contributed by atoms with van der Waals surface area (Å²) in [7, 11) is 1.76. The average molecular weight is 265 g/mol. The summed E-state index contributed by atoms with van der Waals surface area (Å²) in [4.78, 5) is 12.0. The lowest BCUT2D eigenvalue weighted by Gasteiger charge is -2.07. The van der Waals surface area contributed by atoms with Gasteiger partial charge in [0.1, 0.15) is 0 Å². The van der Waals surface area contributed by atoms with Crippen LogP contribution in [0.25, 0.3) is 0 Å². The van der Waals surface area contributed by atoms with Gasteiger partial charge in [-0.1, -0.05) is 17.7 Å². The zero-order valence-corrected chi connectivity index (χ0v) is 10.8. The van der Waals surface area contributed by atoms with Gasteiger partial charge in [0.15, 0.2) is 0 Å². The second-order valence-corrected chi connectivity index (χ2v) is 4.34. The molecule has 1 amide bonds. The number of halogens is 1. The SMILES string of the molecule is Cc1nn(C)cc1C(=O)Nc1cccc(N)c1Cl. The monoisotopic (exact) mass is 264 g/mol. The molecule has 0 saturated heterocycles. The van der Waals surface area contributed by atoms with E-state index < -0.39 is 0 Å². The van der Waals surface area contributed by atoms with Crippen molar-refractivity contribution in [2.75, 3.05) is 11.1 Å². The Morgan fingerprint density at radius 1 is 1.50 bits per heavy atom. The number of hydrogen-bond donors (Lipinski definition) is 2. The predicted octanol–water partition coefficient (Wildman–Crippen LogP) is 2.22. The Bertz CT molecular complexity index is 606. The maximum Gasteiger partial charge on any atom is 0.259 e. The first-order valence-corrected chi connectivity index (χ1v) is 5.72. The van der Waals surface area contributed by atoms with Gasteiger partial charge in [-0.05, 0) is 19.1 Å². The Balaban J connectivity index is 2.27. The minimum atomic E-state index is -0.256. The van der Waals surface area contributed by atoms with Gasteiger partial charge in [0, 0.05) is 13.2 Å². The summed E-state index contributed by atoms with van der Waals surface area (Å²) in [6.07, 6.45) is 1.66. The van der Waals surface area contributed by atoms with Crippen LogP contribution in [0.2, 0.25) is 5.02 Å². The predicted molar refractivity (Wildman–Crippen MR) is 71.8 cm³/mol. The summed E-state index contributed by atoms with van der Waals surface area (Å²) < 4.78 is 1.59. The van der Waals surface area contributed by atoms with E-state index >= 15 is 0 Å². The number of nitrogens with one attached hydrogen (secondary N) is 1. The highest BCUT2D eigenvalue weighted by molar-refractivity contribution is 6.36. The van der Waals surface area contributed by atoms with Crippen LogP contribution < -0.4 is 11.1 Å². The molecule has 2 aromatic rings. The summed E-state index contributed by atoms with van der Waals surface area (Å²) in [5, 5.41) is 7.17. The summed E-state index contributed by atoms with van der Waals surface area (Å²) in [5.74, 6) is -0.256. The Morgan fingerprint density at radius 2 is 2.22 bits per heavy atom. The Labute approximate surface area is 110 Å². The highest BCUT2D eigenvalue weighted by Gasteiger charge is 2.14. The van der Waals surface area contributed by atoms with Crippen molar-refractivity contribution >= 4 is 28.9 Å². The van der Waals surface area contributed by atoms with Crippen LogP contribution in [0.4, 0.5) is 11.4 Å². The number of amides is 1. The molecule has 94 valence electrons. The number of nitrogens with zero attached hydrogens (tertiary/aromatic N) is 2. The van der Waals surface area contributed by atoms with Gasteiger partial charge in [0.25, 0.3) is 5.91 Å². The number of carbonyl (C=O) groups excluding carboxylic acids is 1. The van der Waals surface area contributed by atoms with Crippen LogP contribution in [0.1, 0.15) is 16.1 Å². The van der Waals surface area contributed by atoms with Crippen molar-refractivity contribution < 1.29 is 4.79 Å². The number of aryl methyl sites for hydroxylation is 2. The molecule has 0 bridgehead atoms. The van der Waals surface area contributed by atoms with E-state index in [9.17, 15) is 4.79 Å². The largest absolute Gasteiger partial charge is 0.397 e. The summed E-state index contributed by atoms with van der Waals surface area (Å²) >= 11 is 6.01. The number of anilines is 2. The molecule has 0 atom stereocenters. The van der Waals surface area contributed by atoms with E-state index in [1.54, 1.807) is 43.0 Å². The van der Waals surface area contributed by atoms with Crippen molar-refractivity contribution in [3.63, 3.8) is 0 Å². The van der Waals surface area contributed by atoms with Crippen molar-refractivity contribution in [1.29, 1.82) is 0 Å². The first-order chi connectivity index (χ1) is 8.49. The molecule has 0 aliphatic rings. The number of benzene rings is 1. The molecule has 0 fully saturated rings. The molecule has 0 aliphatic heterocycles. The average Bonchev–Trinajstić information content (AvgIpc) is 2.64. The molecule has 1 heterocycles. The van der Waals surface area contributed by atoms with Gasteiger partial charge in [-0.3, -0.25) is 9.48 Å². The van der Waals surface area contributed by atoms with Crippen molar-refractivity contribution in [1.82, 2.24) is 9.78 Å². The molecule has 0 unspecified atom stereocenters. The maximum absolute atomic E-state index is 12.0. The molecule has 1 aromatic carbocycles. The van der Waals surface area contributed by atoms with Crippen LogP contribution in [0.5, 0.6) is 0 Å². The van der Waals surface area contributed by atoms with Crippen LogP contribution in [0.3, 0.4) is 0 Å². The van der Waals surface area contributed by atoms with E-state index in [4.69, 9.17) is 17.3 Å². The molecule has 2 rings (SSSR count). The van der Waals surface area contributed by atoms with Gasteiger partial charge < -0.3 is 11.1 Å². The third-order valence-electron chi connectivity index (χ3n) is 2.53. The fraction of sp³-hybridized carbons (Fsp3) is 0.167. The number of carbonyl (C=O) groups is 1. The van der Waals surface area contributed by atoms with Crippen LogP contribution in [0, 0.1) is 6.92 Å². The lowest BCUT2D eigenvalue weighted by molar-refractivity contribution is 0.102. The first-order valence-electron chi connectivity index (χ1n) is 5.34. The number of aromatic nitrogens is 2. The summed E-state index contributed by atoms with van der Waals surface area (Å²) in [6.45, 7) is 1.77. The summed E-state index contributed by atoms with van der Waals surface area (Å²) in [5.41, 5.74) is 7.76. The van der Waals surface area contributed by atoms with Gasteiger partial charge in [-0.25, -0.2) is 0 Å². The quantitative estimate of drug-likeness (QED) is 0.817. The second kappa shape index (κ2) is 4.70. The Hall–Kier alpha value is -2.01. The minimum Gasteiger partial charge on any atom is -0.397 e. The molecule has 1 aromatic heterocycles. The summed E-state index contributed by atoms with van der Waals surface area (Å²) in [6, 6.07) is 5.10. The molecule has 0 saturated carbocycles. The molecular formula is C12H13ClN4O. The van der Waals surface area contributed by atoms with Crippen molar-refractivity contribution in [3.8, 4) is 0 Å². The highest BCUT2D eigenvalue weighted by Crippen LogP contribution is 2.28. The maximum atomic E-state index is 12.0. The molecule has 6 heteroatoms. The van der Waals surface area contributed by atoms with E-state index in [1.165, 1.54) is 0 Å². The van der Waals surface area contributed by atoms with Crippen LogP contribution in [-0.2, 0) is 7.05 Å². The smallest absolute Gasteiger partial charge is 0.259 e. The first kappa shape index (κ1) is 12.4. The van der Waals surface area contributed by atoms with Crippen LogP contribution in [-0.4, -0.2) is 15.7 Å². The molecule has 0 spiro atoms. The van der Waals surface area contributed by atoms with Crippen molar-refractivity contribution in [3.05, 3.63) is 40.7 Å². The van der Waals surface area contributed by atoms with E-state index in [0.717, 1.165) is 0 Å². The van der Waals surface area contributed by atoms with Gasteiger partial charge in [-0.15, -0.1) is 0 Å². The zero-order chi connectivity index (χ0) is 13.3. The fourth-order valence-electron chi connectivity index (χ4n) is 1.66. The lowest BCUT2D eigenvalue weighted by atomic mass is 10.2. The topological polar surface area (TPSA) is 72.9 Å². The fourth-order valence-corrected chi connectivity index (χ4v) is 1.83. The minimum absolute atomic E-state index is 0.256. The third-order valence-corrected chi connectivity index (χ3v) is 2.96. The van der Waals surface area contributed by atoms with E-state index in [0.29, 0.717) is 27.7 Å². The van der Waals surface area contributed by atoms with Crippen LogP contribution >= 0.6 is 11.6 Å². The van der Waals surface area contributed by atoms with Crippen molar-refractivity contribution in [2.24, 2.45) is 7.05 Å². The van der Waals surface area contributed by atoms with Gasteiger partial charge in [0.2, 0.25) is 0 Å².